The van der Waals surface area contributed by atoms with Crippen LogP contribution >= 0.6 is 22.7 Å². The molecule has 2 nitrogen and oxygen atoms in total. The fourth-order valence-electron chi connectivity index (χ4n) is 3.55. The van der Waals surface area contributed by atoms with Crippen molar-refractivity contribution in [3.05, 3.63) is 79.2 Å². The van der Waals surface area contributed by atoms with Crippen LogP contribution in [0.3, 0.4) is 0 Å². The minimum atomic E-state index is 0.0494. The summed E-state index contributed by atoms with van der Waals surface area (Å²) in [5.74, 6) is 0.136. The highest BCUT2D eigenvalue weighted by Gasteiger charge is 2.33. The normalized spacial score (nSPS) is 16.9. The zero-order valence-corrected chi connectivity index (χ0v) is 15.4. The smallest absolute Gasteiger partial charge is 0.254 e. The Bertz CT molecular complexity index is 859. The molecule has 122 valence electrons. The summed E-state index contributed by atoms with van der Waals surface area (Å²) in [6, 6.07) is 12.6. The van der Waals surface area contributed by atoms with Crippen LogP contribution in [-0.4, -0.2) is 17.4 Å². The molecular weight excluding hydrogens is 334 g/mol. The number of benzene rings is 1. The van der Waals surface area contributed by atoms with Crippen molar-refractivity contribution in [1.82, 2.24) is 4.90 Å². The first kappa shape index (κ1) is 15.6. The lowest BCUT2D eigenvalue weighted by Gasteiger charge is -2.35. The second-order valence-corrected chi connectivity index (χ2v) is 8.32. The minimum absolute atomic E-state index is 0.0494. The molecule has 0 fully saturated rings. The van der Waals surface area contributed by atoms with E-state index in [1.807, 2.05) is 37.3 Å². The molecule has 0 radical (unpaired) electrons. The van der Waals surface area contributed by atoms with E-state index in [9.17, 15) is 4.79 Å². The molecule has 0 saturated heterocycles. The molecular formula is C20H19NOS2. The predicted molar refractivity (Wildman–Crippen MR) is 101 cm³/mol. The van der Waals surface area contributed by atoms with Crippen molar-refractivity contribution in [3.63, 3.8) is 0 Å². The van der Waals surface area contributed by atoms with E-state index in [4.69, 9.17) is 0 Å². The summed E-state index contributed by atoms with van der Waals surface area (Å²) < 4.78 is 0. The molecule has 1 atom stereocenters. The topological polar surface area (TPSA) is 20.3 Å². The molecule has 1 amide bonds. The van der Waals surface area contributed by atoms with Gasteiger partial charge in [-0.25, -0.2) is 0 Å². The van der Waals surface area contributed by atoms with Gasteiger partial charge in [-0.15, -0.1) is 22.7 Å². The lowest BCUT2D eigenvalue weighted by Crippen LogP contribution is -2.39. The third kappa shape index (κ3) is 2.70. The van der Waals surface area contributed by atoms with E-state index in [0.29, 0.717) is 0 Å². The fourth-order valence-corrected chi connectivity index (χ4v) is 5.31. The first-order valence-corrected chi connectivity index (χ1v) is 9.88. The second-order valence-electron chi connectivity index (χ2n) is 6.34. The number of thiophene rings is 2. The van der Waals surface area contributed by atoms with Crippen LogP contribution < -0.4 is 0 Å². The van der Waals surface area contributed by atoms with Crippen LogP contribution in [0.1, 0.15) is 42.8 Å². The number of rotatable bonds is 2. The van der Waals surface area contributed by atoms with Gasteiger partial charge in [0, 0.05) is 21.9 Å². The number of fused-ring (bicyclic) bond motifs is 1. The molecule has 0 bridgehead atoms. The molecule has 1 aliphatic rings. The maximum atomic E-state index is 13.3. The Kier molecular flexibility index (Phi) is 4.02. The summed E-state index contributed by atoms with van der Waals surface area (Å²) >= 11 is 3.54. The number of amides is 1. The van der Waals surface area contributed by atoms with Crippen molar-refractivity contribution in [2.24, 2.45) is 0 Å². The highest BCUT2D eigenvalue weighted by atomic mass is 32.1. The maximum absolute atomic E-state index is 13.3. The van der Waals surface area contributed by atoms with E-state index in [2.05, 4.69) is 39.9 Å². The highest BCUT2D eigenvalue weighted by molar-refractivity contribution is 7.10. The molecule has 0 spiro atoms. The number of hydrogen-bond acceptors (Lipinski definition) is 3. The molecule has 1 aliphatic heterocycles. The summed E-state index contributed by atoms with van der Waals surface area (Å²) in [5.41, 5.74) is 4.37. The molecule has 3 aromatic rings. The third-order valence-electron chi connectivity index (χ3n) is 4.51. The summed E-state index contributed by atoms with van der Waals surface area (Å²) in [6.45, 7) is 4.88. The van der Waals surface area contributed by atoms with Crippen LogP contribution in [0.25, 0.3) is 0 Å². The summed E-state index contributed by atoms with van der Waals surface area (Å²) in [4.78, 5) is 18.0. The number of aryl methyl sites for hydroxylation is 2. The van der Waals surface area contributed by atoms with Crippen LogP contribution in [0.2, 0.25) is 0 Å². The number of nitrogens with zero attached hydrogens (tertiary/aromatic N) is 1. The maximum Gasteiger partial charge on any atom is 0.254 e. The van der Waals surface area contributed by atoms with E-state index in [0.717, 1.165) is 29.7 Å². The van der Waals surface area contributed by atoms with Gasteiger partial charge in [-0.1, -0.05) is 23.3 Å². The summed E-state index contributed by atoms with van der Waals surface area (Å²) in [5, 5.41) is 4.24. The monoisotopic (exact) mass is 353 g/mol. The van der Waals surface area contributed by atoms with Gasteiger partial charge in [0.15, 0.2) is 0 Å². The Balaban J connectivity index is 1.77. The molecule has 0 unspecified atom stereocenters. The second kappa shape index (κ2) is 6.19. The Morgan fingerprint density at radius 1 is 1.08 bits per heavy atom. The van der Waals surface area contributed by atoms with Gasteiger partial charge in [-0.3, -0.25) is 4.79 Å². The lowest BCUT2D eigenvalue weighted by molar-refractivity contribution is 0.0698. The highest BCUT2D eigenvalue weighted by Crippen LogP contribution is 2.40. The van der Waals surface area contributed by atoms with Crippen molar-refractivity contribution in [2.45, 2.75) is 26.3 Å². The van der Waals surface area contributed by atoms with Gasteiger partial charge in [0.2, 0.25) is 0 Å². The Morgan fingerprint density at radius 2 is 1.88 bits per heavy atom. The van der Waals surface area contributed by atoms with Crippen molar-refractivity contribution in [1.29, 1.82) is 0 Å². The molecule has 0 aliphatic carbocycles. The van der Waals surface area contributed by atoms with Crippen molar-refractivity contribution >= 4 is 28.6 Å². The van der Waals surface area contributed by atoms with Crippen LogP contribution in [0, 0.1) is 13.8 Å². The SMILES string of the molecule is Cc1cc(C)cc(C(=O)N2CCc3sccc3[C@H]2c2cccs2)c1. The third-order valence-corrected chi connectivity index (χ3v) is 6.43. The van der Waals surface area contributed by atoms with E-state index in [-0.39, 0.29) is 11.9 Å². The molecule has 4 rings (SSSR count). The number of carbonyl (C=O) groups is 1. The molecule has 3 heterocycles. The first-order valence-electron chi connectivity index (χ1n) is 8.12. The zero-order chi connectivity index (χ0) is 16.7. The Morgan fingerprint density at radius 3 is 2.58 bits per heavy atom. The molecule has 2 aromatic heterocycles. The first-order chi connectivity index (χ1) is 11.6. The van der Waals surface area contributed by atoms with Crippen molar-refractivity contribution in [3.8, 4) is 0 Å². The van der Waals surface area contributed by atoms with Gasteiger partial charge >= 0.3 is 0 Å². The average Bonchev–Trinajstić information content (AvgIpc) is 3.23. The fraction of sp³-hybridized carbons (Fsp3) is 0.250. The largest absolute Gasteiger partial charge is 0.326 e. The van der Waals surface area contributed by atoms with Crippen LogP contribution in [-0.2, 0) is 6.42 Å². The quantitative estimate of drug-likeness (QED) is 0.619. The van der Waals surface area contributed by atoms with E-state index in [1.54, 1.807) is 11.3 Å². The molecule has 0 N–H and O–H groups in total. The van der Waals surface area contributed by atoms with Crippen LogP contribution in [0.15, 0.2) is 47.2 Å². The zero-order valence-electron chi connectivity index (χ0n) is 13.8. The van der Waals surface area contributed by atoms with Gasteiger partial charge in [-0.2, -0.15) is 0 Å². The predicted octanol–water partition coefficient (Wildman–Crippen LogP) is 5.21. The van der Waals surface area contributed by atoms with Gasteiger partial charge in [-0.05, 0) is 60.9 Å². The van der Waals surface area contributed by atoms with E-state index >= 15 is 0 Å². The van der Waals surface area contributed by atoms with Gasteiger partial charge in [0.1, 0.15) is 0 Å². The number of carbonyl (C=O) groups excluding carboxylic acids is 1. The van der Waals surface area contributed by atoms with Crippen LogP contribution in [0.5, 0.6) is 0 Å². The molecule has 24 heavy (non-hydrogen) atoms. The van der Waals surface area contributed by atoms with Gasteiger partial charge in [0.05, 0.1) is 6.04 Å². The minimum Gasteiger partial charge on any atom is -0.326 e. The van der Waals surface area contributed by atoms with Crippen LogP contribution in [0.4, 0.5) is 0 Å². The molecule has 0 saturated carbocycles. The molecule has 4 heteroatoms. The average molecular weight is 354 g/mol. The van der Waals surface area contributed by atoms with Crippen molar-refractivity contribution < 1.29 is 4.79 Å². The van der Waals surface area contributed by atoms with Gasteiger partial charge in [0.25, 0.3) is 5.91 Å². The molecule has 1 aromatic carbocycles. The number of hydrogen-bond donors (Lipinski definition) is 0. The van der Waals surface area contributed by atoms with Crippen molar-refractivity contribution in [2.75, 3.05) is 6.54 Å². The van der Waals surface area contributed by atoms with E-state index < -0.39 is 0 Å². The summed E-state index contributed by atoms with van der Waals surface area (Å²) in [7, 11) is 0. The summed E-state index contributed by atoms with van der Waals surface area (Å²) in [6.07, 6.45) is 0.950. The lowest BCUT2D eigenvalue weighted by atomic mass is 9.97. The standard InChI is InChI=1S/C20H19NOS2/c1-13-10-14(2)12-15(11-13)20(22)21-7-5-17-16(6-9-24-17)19(21)18-4-3-8-23-18/h3-4,6,8-12,19H,5,7H2,1-2H3/t19-/m0/s1. The van der Waals surface area contributed by atoms with Gasteiger partial charge < -0.3 is 4.90 Å². The Hall–Kier alpha value is -1.91. The Labute approximate surface area is 150 Å². The van der Waals surface area contributed by atoms with E-state index in [1.165, 1.54) is 15.3 Å².